The summed E-state index contributed by atoms with van der Waals surface area (Å²) in [6.45, 7) is 4.38. The molecule has 0 aliphatic rings. The molecule has 0 atom stereocenters. The number of nitrogens with two attached hydrogens (primary N) is 1. The summed E-state index contributed by atoms with van der Waals surface area (Å²) in [4.78, 5) is 19.7. The summed E-state index contributed by atoms with van der Waals surface area (Å²) in [5.74, 6) is 5.27. The molecule has 1 aromatic carbocycles. The second kappa shape index (κ2) is 6.25. The van der Waals surface area contributed by atoms with Gasteiger partial charge in [-0.1, -0.05) is 38.1 Å². The van der Waals surface area contributed by atoms with Crippen molar-refractivity contribution in [3.05, 3.63) is 47.9 Å². The number of benzene rings is 1. The summed E-state index contributed by atoms with van der Waals surface area (Å²) in [5, 5.41) is 0. The second-order valence-electron chi connectivity index (χ2n) is 5.06. The minimum atomic E-state index is -0.448. The Morgan fingerprint density at radius 2 is 1.95 bits per heavy atom. The van der Waals surface area contributed by atoms with Gasteiger partial charge in [0, 0.05) is 5.56 Å². The molecule has 0 aliphatic heterocycles. The Morgan fingerprint density at radius 3 is 2.55 bits per heavy atom. The number of aromatic nitrogens is 2. The third kappa shape index (κ3) is 3.39. The molecule has 0 fully saturated rings. The first kappa shape index (κ1) is 14.1. The number of hydrogen-bond donors (Lipinski definition) is 2. The quantitative estimate of drug-likeness (QED) is 0.505. The third-order valence-corrected chi connectivity index (χ3v) is 2.89. The highest BCUT2D eigenvalue weighted by Crippen LogP contribution is 2.18. The van der Waals surface area contributed by atoms with Gasteiger partial charge < -0.3 is 0 Å². The van der Waals surface area contributed by atoms with Gasteiger partial charge in [0.05, 0.1) is 18.1 Å². The average molecular weight is 270 g/mol. The monoisotopic (exact) mass is 270 g/mol. The van der Waals surface area contributed by atoms with E-state index in [1.54, 1.807) is 6.20 Å². The number of nitrogens with zero attached hydrogens (tertiary/aromatic N) is 2. The predicted octanol–water partition coefficient (Wildman–Crippen LogP) is 1.95. The van der Waals surface area contributed by atoms with E-state index in [0.717, 1.165) is 12.0 Å². The minimum Gasteiger partial charge on any atom is -0.289 e. The standard InChI is InChI=1S/C15H18N4O/c1-10(2)7-11-3-5-12(6-4-11)13-8-17-9-14(18-13)15(20)19-16/h3-6,8-10H,7,16H2,1-2H3,(H,19,20). The molecule has 5 nitrogen and oxygen atoms in total. The van der Waals surface area contributed by atoms with Crippen LogP contribution in [-0.2, 0) is 6.42 Å². The fourth-order valence-electron chi connectivity index (χ4n) is 1.97. The number of carbonyl (C=O) groups is 1. The Morgan fingerprint density at radius 1 is 1.25 bits per heavy atom. The SMILES string of the molecule is CC(C)Cc1ccc(-c2cncc(C(=O)NN)n2)cc1. The molecular formula is C15H18N4O. The molecule has 1 aromatic heterocycles. The van der Waals surface area contributed by atoms with Crippen molar-refractivity contribution in [1.82, 2.24) is 15.4 Å². The van der Waals surface area contributed by atoms with Crippen LogP contribution in [0.15, 0.2) is 36.7 Å². The number of rotatable bonds is 4. The number of nitrogens with one attached hydrogen (secondary N) is 1. The summed E-state index contributed by atoms with van der Waals surface area (Å²) in [6, 6.07) is 8.14. The summed E-state index contributed by atoms with van der Waals surface area (Å²) in [7, 11) is 0. The van der Waals surface area contributed by atoms with Crippen LogP contribution in [0.5, 0.6) is 0 Å². The van der Waals surface area contributed by atoms with Gasteiger partial charge in [-0.2, -0.15) is 0 Å². The van der Waals surface area contributed by atoms with Gasteiger partial charge in [0.15, 0.2) is 0 Å². The molecule has 0 saturated carbocycles. The van der Waals surface area contributed by atoms with E-state index in [2.05, 4.69) is 35.9 Å². The summed E-state index contributed by atoms with van der Waals surface area (Å²) in [5.41, 5.74) is 5.12. The van der Waals surface area contributed by atoms with Crippen LogP contribution >= 0.6 is 0 Å². The zero-order valence-corrected chi connectivity index (χ0v) is 11.6. The van der Waals surface area contributed by atoms with E-state index in [4.69, 9.17) is 5.84 Å². The third-order valence-electron chi connectivity index (χ3n) is 2.89. The van der Waals surface area contributed by atoms with Crippen molar-refractivity contribution >= 4 is 5.91 Å². The zero-order chi connectivity index (χ0) is 14.5. The van der Waals surface area contributed by atoms with Crippen LogP contribution in [-0.4, -0.2) is 15.9 Å². The first-order chi connectivity index (χ1) is 9.60. The average Bonchev–Trinajstić information content (AvgIpc) is 2.47. The minimum absolute atomic E-state index is 0.205. The first-order valence-corrected chi connectivity index (χ1v) is 6.52. The Kier molecular flexibility index (Phi) is 4.42. The Balaban J connectivity index is 2.25. The molecule has 2 rings (SSSR count). The van der Waals surface area contributed by atoms with Crippen LogP contribution in [0.1, 0.15) is 29.9 Å². The maximum atomic E-state index is 11.4. The van der Waals surface area contributed by atoms with Gasteiger partial charge in [-0.3, -0.25) is 15.2 Å². The molecule has 0 unspecified atom stereocenters. The van der Waals surface area contributed by atoms with E-state index in [0.29, 0.717) is 11.6 Å². The van der Waals surface area contributed by atoms with Crippen LogP contribution < -0.4 is 11.3 Å². The van der Waals surface area contributed by atoms with E-state index >= 15 is 0 Å². The lowest BCUT2D eigenvalue weighted by Crippen LogP contribution is -2.30. The summed E-state index contributed by atoms with van der Waals surface area (Å²) < 4.78 is 0. The predicted molar refractivity (Wildman–Crippen MR) is 77.7 cm³/mol. The van der Waals surface area contributed by atoms with E-state index in [1.807, 2.05) is 17.6 Å². The van der Waals surface area contributed by atoms with Gasteiger partial charge in [0.1, 0.15) is 5.69 Å². The second-order valence-corrected chi connectivity index (χ2v) is 5.06. The van der Waals surface area contributed by atoms with Crippen molar-refractivity contribution in [2.24, 2.45) is 11.8 Å². The van der Waals surface area contributed by atoms with Crippen LogP contribution in [0.2, 0.25) is 0 Å². The number of hydrazine groups is 1. The maximum absolute atomic E-state index is 11.4. The fraction of sp³-hybridized carbons (Fsp3) is 0.267. The Bertz CT molecular complexity index is 593. The van der Waals surface area contributed by atoms with Crippen LogP contribution in [0, 0.1) is 5.92 Å². The molecule has 104 valence electrons. The van der Waals surface area contributed by atoms with Gasteiger partial charge in [0.25, 0.3) is 5.91 Å². The molecule has 2 aromatic rings. The van der Waals surface area contributed by atoms with E-state index in [-0.39, 0.29) is 5.69 Å². The molecule has 0 radical (unpaired) electrons. The van der Waals surface area contributed by atoms with Crippen molar-refractivity contribution in [1.29, 1.82) is 0 Å². The molecule has 5 heteroatoms. The van der Waals surface area contributed by atoms with Gasteiger partial charge in [-0.25, -0.2) is 10.8 Å². The van der Waals surface area contributed by atoms with Crippen molar-refractivity contribution in [2.75, 3.05) is 0 Å². The molecule has 0 spiro atoms. The van der Waals surface area contributed by atoms with Crippen molar-refractivity contribution in [3.8, 4) is 11.3 Å². The summed E-state index contributed by atoms with van der Waals surface area (Å²) in [6.07, 6.45) is 4.06. The highest BCUT2D eigenvalue weighted by molar-refractivity contribution is 5.91. The smallest absolute Gasteiger partial charge is 0.285 e. The van der Waals surface area contributed by atoms with E-state index in [9.17, 15) is 4.79 Å². The molecular weight excluding hydrogens is 252 g/mol. The van der Waals surface area contributed by atoms with Crippen LogP contribution in [0.3, 0.4) is 0 Å². The molecule has 0 saturated heterocycles. The summed E-state index contributed by atoms with van der Waals surface area (Å²) >= 11 is 0. The van der Waals surface area contributed by atoms with E-state index in [1.165, 1.54) is 11.8 Å². The number of carbonyl (C=O) groups excluding carboxylic acids is 1. The lowest BCUT2D eigenvalue weighted by atomic mass is 10.0. The maximum Gasteiger partial charge on any atom is 0.285 e. The largest absolute Gasteiger partial charge is 0.289 e. The fourth-order valence-corrected chi connectivity index (χ4v) is 1.97. The van der Waals surface area contributed by atoms with Crippen molar-refractivity contribution in [3.63, 3.8) is 0 Å². The molecule has 1 heterocycles. The van der Waals surface area contributed by atoms with E-state index < -0.39 is 5.91 Å². The number of nitrogen functional groups attached to an aromatic ring is 1. The number of hydrogen-bond acceptors (Lipinski definition) is 4. The van der Waals surface area contributed by atoms with Gasteiger partial charge in [-0.05, 0) is 17.9 Å². The van der Waals surface area contributed by atoms with Gasteiger partial charge >= 0.3 is 0 Å². The zero-order valence-electron chi connectivity index (χ0n) is 11.6. The topological polar surface area (TPSA) is 80.9 Å². The molecule has 20 heavy (non-hydrogen) atoms. The van der Waals surface area contributed by atoms with Gasteiger partial charge in [0.2, 0.25) is 0 Å². The van der Waals surface area contributed by atoms with Crippen LogP contribution in [0.4, 0.5) is 0 Å². The first-order valence-electron chi connectivity index (χ1n) is 6.52. The van der Waals surface area contributed by atoms with Crippen molar-refractivity contribution in [2.45, 2.75) is 20.3 Å². The van der Waals surface area contributed by atoms with Crippen LogP contribution in [0.25, 0.3) is 11.3 Å². The normalized spacial score (nSPS) is 10.6. The lowest BCUT2D eigenvalue weighted by Gasteiger charge is -2.07. The Hall–Kier alpha value is -2.27. The molecule has 3 N–H and O–H groups in total. The van der Waals surface area contributed by atoms with Crippen molar-refractivity contribution < 1.29 is 4.79 Å². The Labute approximate surface area is 118 Å². The highest BCUT2D eigenvalue weighted by Gasteiger charge is 2.08. The molecule has 0 aliphatic carbocycles. The molecule has 0 bridgehead atoms. The molecule has 1 amide bonds. The lowest BCUT2D eigenvalue weighted by molar-refractivity contribution is 0.0948. The number of amides is 1. The van der Waals surface area contributed by atoms with Gasteiger partial charge in [-0.15, -0.1) is 0 Å². The highest BCUT2D eigenvalue weighted by atomic mass is 16.2.